The summed E-state index contributed by atoms with van der Waals surface area (Å²) in [6.45, 7) is 1.42. The van der Waals surface area contributed by atoms with Crippen molar-refractivity contribution >= 4 is 27.5 Å². The van der Waals surface area contributed by atoms with Crippen LogP contribution >= 0.6 is 0 Å². The third kappa shape index (κ3) is 7.92. The van der Waals surface area contributed by atoms with Crippen molar-refractivity contribution in [1.82, 2.24) is 10.2 Å². The zero-order valence-corrected chi connectivity index (χ0v) is 22.5. The van der Waals surface area contributed by atoms with Crippen LogP contribution in [0.2, 0.25) is 0 Å². The molecule has 3 rings (SSSR count). The highest BCUT2D eigenvalue weighted by molar-refractivity contribution is 7.92. The van der Waals surface area contributed by atoms with Crippen molar-refractivity contribution < 1.29 is 27.1 Å². The minimum absolute atomic E-state index is 0.0694. The van der Waals surface area contributed by atoms with Crippen LogP contribution in [0.4, 0.5) is 10.1 Å². The molecule has 10 heteroatoms. The van der Waals surface area contributed by atoms with Crippen LogP contribution in [0.25, 0.3) is 0 Å². The molecule has 1 aliphatic carbocycles. The number of benzene rings is 2. The number of amides is 2. The van der Waals surface area contributed by atoms with E-state index >= 15 is 0 Å². The maximum absolute atomic E-state index is 13.7. The molecular weight excluding hydrogens is 497 g/mol. The van der Waals surface area contributed by atoms with Gasteiger partial charge in [0.1, 0.15) is 24.2 Å². The van der Waals surface area contributed by atoms with Gasteiger partial charge in [0.2, 0.25) is 21.8 Å². The van der Waals surface area contributed by atoms with Gasteiger partial charge in [-0.1, -0.05) is 38.3 Å². The number of methoxy groups -OCH3 is 1. The first kappa shape index (κ1) is 28.4. The number of carbonyl (C=O) groups excluding carboxylic acids is 2. The van der Waals surface area contributed by atoms with Gasteiger partial charge >= 0.3 is 0 Å². The van der Waals surface area contributed by atoms with Gasteiger partial charge in [0.15, 0.2) is 0 Å². The van der Waals surface area contributed by atoms with Crippen LogP contribution in [-0.2, 0) is 26.2 Å². The molecule has 2 aromatic rings. The van der Waals surface area contributed by atoms with E-state index < -0.39 is 34.3 Å². The summed E-state index contributed by atoms with van der Waals surface area (Å²) in [5.74, 6) is -0.640. The zero-order valence-electron chi connectivity index (χ0n) is 21.7. The molecule has 0 radical (unpaired) electrons. The topological polar surface area (TPSA) is 96.0 Å². The second kappa shape index (κ2) is 12.9. The van der Waals surface area contributed by atoms with E-state index in [0.29, 0.717) is 12.2 Å². The number of nitrogens with one attached hydrogen (secondary N) is 1. The highest BCUT2D eigenvalue weighted by Gasteiger charge is 2.32. The molecular formula is C27H36FN3O5S. The highest BCUT2D eigenvalue weighted by atomic mass is 32.2. The summed E-state index contributed by atoms with van der Waals surface area (Å²) in [5.41, 5.74) is 0.937. The molecule has 1 fully saturated rings. The van der Waals surface area contributed by atoms with Crippen molar-refractivity contribution in [2.24, 2.45) is 0 Å². The van der Waals surface area contributed by atoms with Crippen LogP contribution in [0.5, 0.6) is 5.75 Å². The monoisotopic (exact) mass is 533 g/mol. The first-order chi connectivity index (χ1) is 17.6. The molecule has 2 amide bonds. The average Bonchev–Trinajstić information content (AvgIpc) is 2.88. The van der Waals surface area contributed by atoms with Gasteiger partial charge in [-0.3, -0.25) is 13.9 Å². The van der Waals surface area contributed by atoms with Gasteiger partial charge in [-0.25, -0.2) is 12.8 Å². The summed E-state index contributed by atoms with van der Waals surface area (Å²) in [6, 6.07) is 11.3. The molecule has 1 saturated carbocycles. The fourth-order valence-electron chi connectivity index (χ4n) is 4.61. The lowest BCUT2D eigenvalue weighted by Gasteiger charge is -2.34. The second-order valence-corrected chi connectivity index (χ2v) is 11.3. The van der Waals surface area contributed by atoms with E-state index in [9.17, 15) is 22.4 Å². The van der Waals surface area contributed by atoms with Crippen molar-refractivity contribution in [3.63, 3.8) is 0 Å². The maximum atomic E-state index is 13.7. The van der Waals surface area contributed by atoms with Crippen molar-refractivity contribution in [3.05, 3.63) is 59.9 Å². The summed E-state index contributed by atoms with van der Waals surface area (Å²) < 4.78 is 44.8. The van der Waals surface area contributed by atoms with E-state index in [-0.39, 0.29) is 24.2 Å². The minimum atomic E-state index is -3.87. The molecule has 0 spiro atoms. The summed E-state index contributed by atoms with van der Waals surface area (Å²) >= 11 is 0. The van der Waals surface area contributed by atoms with Gasteiger partial charge < -0.3 is 15.0 Å². The number of nitrogens with zero attached hydrogens (tertiary/aromatic N) is 2. The molecule has 1 aliphatic rings. The Morgan fingerprint density at radius 1 is 1.05 bits per heavy atom. The number of rotatable bonds is 11. The predicted octanol–water partition coefficient (Wildman–Crippen LogP) is 3.86. The Labute approximate surface area is 218 Å². The Morgan fingerprint density at radius 2 is 1.68 bits per heavy atom. The normalized spacial score (nSPS) is 15.0. The molecule has 0 saturated heterocycles. The Kier molecular flexibility index (Phi) is 9.91. The SMILES string of the molecule is CCC(C(=O)NC1CCCCC1)N(Cc1ccc(OC)cc1)C(=O)CN(c1ccc(F)cc1)S(C)(=O)=O. The van der Waals surface area contributed by atoms with E-state index in [1.807, 2.05) is 6.92 Å². The van der Waals surface area contributed by atoms with Crippen molar-refractivity contribution in [2.45, 2.75) is 64.1 Å². The summed E-state index contributed by atoms with van der Waals surface area (Å²) in [5, 5.41) is 3.10. The Bertz CT molecular complexity index is 1150. The molecule has 0 aromatic heterocycles. The Hall–Kier alpha value is -3.14. The third-order valence-corrected chi connectivity index (χ3v) is 7.78. The number of hydrogen-bond acceptors (Lipinski definition) is 5. The Balaban J connectivity index is 1.90. The first-order valence-electron chi connectivity index (χ1n) is 12.6. The van der Waals surface area contributed by atoms with E-state index in [0.717, 1.165) is 60.4 Å². The van der Waals surface area contributed by atoms with Crippen LogP contribution in [0, 0.1) is 5.82 Å². The lowest BCUT2D eigenvalue weighted by atomic mass is 9.95. The molecule has 1 unspecified atom stereocenters. The van der Waals surface area contributed by atoms with Gasteiger partial charge in [0.05, 0.1) is 19.1 Å². The van der Waals surface area contributed by atoms with Gasteiger partial charge in [-0.2, -0.15) is 0 Å². The van der Waals surface area contributed by atoms with Gasteiger partial charge in [-0.15, -0.1) is 0 Å². The zero-order chi connectivity index (χ0) is 27.0. The van der Waals surface area contributed by atoms with Crippen LogP contribution in [-0.4, -0.2) is 57.1 Å². The van der Waals surface area contributed by atoms with Crippen LogP contribution in [0.15, 0.2) is 48.5 Å². The van der Waals surface area contributed by atoms with E-state index in [1.165, 1.54) is 17.0 Å². The van der Waals surface area contributed by atoms with E-state index in [2.05, 4.69) is 5.32 Å². The molecule has 202 valence electrons. The van der Waals surface area contributed by atoms with Crippen LogP contribution in [0.1, 0.15) is 51.0 Å². The number of carbonyl (C=O) groups is 2. The molecule has 2 aromatic carbocycles. The Morgan fingerprint density at radius 3 is 2.22 bits per heavy atom. The lowest BCUT2D eigenvalue weighted by molar-refractivity contribution is -0.140. The number of ether oxygens (including phenoxy) is 1. The van der Waals surface area contributed by atoms with Crippen LogP contribution in [0.3, 0.4) is 0 Å². The number of hydrogen-bond donors (Lipinski definition) is 1. The standard InChI is InChI=1S/C27H36FN3O5S/c1-4-25(27(33)29-22-8-6-5-7-9-22)30(18-20-10-16-24(36-2)17-11-20)26(32)19-31(37(3,34)35)23-14-12-21(28)13-15-23/h10-17,22,25H,4-9,18-19H2,1-3H3,(H,29,33). The number of sulfonamides is 1. The van der Waals surface area contributed by atoms with Crippen molar-refractivity contribution in [2.75, 3.05) is 24.2 Å². The number of halogens is 1. The first-order valence-corrected chi connectivity index (χ1v) is 14.4. The summed E-state index contributed by atoms with van der Waals surface area (Å²) in [7, 11) is -2.31. The van der Waals surface area contributed by atoms with Crippen LogP contribution < -0.4 is 14.4 Å². The van der Waals surface area contributed by atoms with Crippen molar-refractivity contribution in [3.8, 4) is 5.75 Å². The molecule has 0 heterocycles. The number of anilines is 1. The van der Waals surface area contributed by atoms with Gasteiger partial charge in [-0.05, 0) is 61.2 Å². The molecule has 1 N–H and O–H groups in total. The second-order valence-electron chi connectivity index (χ2n) is 9.38. The molecule has 37 heavy (non-hydrogen) atoms. The van der Waals surface area contributed by atoms with E-state index in [1.54, 1.807) is 31.4 Å². The van der Waals surface area contributed by atoms with E-state index in [4.69, 9.17) is 4.74 Å². The third-order valence-electron chi connectivity index (χ3n) is 6.64. The smallest absolute Gasteiger partial charge is 0.244 e. The van der Waals surface area contributed by atoms with Gasteiger partial charge in [0.25, 0.3) is 0 Å². The highest BCUT2D eigenvalue weighted by Crippen LogP contribution is 2.22. The average molecular weight is 534 g/mol. The minimum Gasteiger partial charge on any atom is -0.497 e. The molecule has 1 atom stereocenters. The molecule has 0 aliphatic heterocycles. The van der Waals surface area contributed by atoms with Crippen molar-refractivity contribution in [1.29, 1.82) is 0 Å². The summed E-state index contributed by atoms with van der Waals surface area (Å²) in [4.78, 5) is 28.5. The predicted molar refractivity (Wildman–Crippen MR) is 141 cm³/mol. The summed E-state index contributed by atoms with van der Waals surface area (Å²) in [6.07, 6.45) is 6.41. The van der Waals surface area contributed by atoms with Gasteiger partial charge in [0, 0.05) is 12.6 Å². The largest absolute Gasteiger partial charge is 0.497 e. The quantitative estimate of drug-likeness (QED) is 0.473. The fourth-order valence-corrected chi connectivity index (χ4v) is 5.46. The molecule has 0 bridgehead atoms. The fraction of sp³-hybridized carbons (Fsp3) is 0.481. The lowest BCUT2D eigenvalue weighted by Crippen LogP contribution is -2.53. The maximum Gasteiger partial charge on any atom is 0.244 e. The molecule has 8 nitrogen and oxygen atoms in total.